The molecule has 0 saturated carbocycles. The van der Waals surface area contributed by atoms with E-state index in [4.69, 9.17) is 19.6 Å². The monoisotopic (exact) mass is 357 g/mol. The van der Waals surface area contributed by atoms with Crippen LogP contribution in [0.1, 0.15) is 24.6 Å². The summed E-state index contributed by atoms with van der Waals surface area (Å²) in [5.41, 5.74) is 0.911. The summed E-state index contributed by atoms with van der Waals surface area (Å²) in [5, 5.41) is 4.74. The third-order valence-corrected chi connectivity index (χ3v) is 4.76. The van der Waals surface area contributed by atoms with Crippen LogP contribution in [-0.4, -0.2) is 43.1 Å². The molecule has 0 bridgehead atoms. The third-order valence-electron chi connectivity index (χ3n) is 4.15. The van der Waals surface area contributed by atoms with Crippen LogP contribution in [0, 0.1) is 0 Å². The Morgan fingerprint density at radius 1 is 1.28 bits per heavy atom. The second kappa shape index (κ2) is 6.79. The molecular formula is C17H19N5O2S. The molecule has 0 radical (unpaired) electrons. The molecule has 1 aliphatic rings. The van der Waals surface area contributed by atoms with Crippen molar-refractivity contribution >= 4 is 11.8 Å². The summed E-state index contributed by atoms with van der Waals surface area (Å²) in [7, 11) is 0. The molecule has 0 saturated heterocycles. The predicted molar refractivity (Wildman–Crippen MR) is 95.6 cm³/mol. The minimum atomic E-state index is 0.0171. The molecule has 0 fully saturated rings. The van der Waals surface area contributed by atoms with E-state index in [1.807, 2.05) is 33.6 Å². The van der Waals surface area contributed by atoms with E-state index in [0.29, 0.717) is 0 Å². The number of thioether (sulfide) groups is 1. The van der Waals surface area contributed by atoms with Gasteiger partial charge in [0.15, 0.2) is 23.1 Å². The second-order valence-electron chi connectivity index (χ2n) is 5.76. The molecule has 4 rings (SSSR count). The van der Waals surface area contributed by atoms with Gasteiger partial charge >= 0.3 is 0 Å². The lowest BCUT2D eigenvalue weighted by molar-refractivity contribution is 0.174. The van der Waals surface area contributed by atoms with Crippen molar-refractivity contribution in [1.29, 1.82) is 0 Å². The molecule has 2 aromatic heterocycles. The van der Waals surface area contributed by atoms with E-state index in [0.717, 1.165) is 41.0 Å². The van der Waals surface area contributed by atoms with Crippen molar-refractivity contribution in [3.63, 3.8) is 0 Å². The number of fused-ring (bicyclic) bond motifs is 1. The summed E-state index contributed by atoms with van der Waals surface area (Å²) in [5.74, 6) is 4.20. The predicted octanol–water partition coefficient (Wildman–Crippen LogP) is 2.71. The topological polar surface area (TPSA) is 67.0 Å². The van der Waals surface area contributed by atoms with Gasteiger partial charge < -0.3 is 14.0 Å². The Bertz CT molecular complexity index is 862. The standard InChI is InChI=1S/C17H19N5O2S/c1-12(21-7-6-18-10-21)17-19-16(5-8-25-2)20-22(17)13-3-4-14-15(9-13)24-11-23-14/h3-4,6-7,9-10,12H,5,8,11H2,1-2H3/t12-/m1/s1. The Balaban J connectivity index is 1.75. The average molecular weight is 357 g/mol. The molecule has 3 heterocycles. The van der Waals surface area contributed by atoms with Gasteiger partial charge in [-0.05, 0) is 25.3 Å². The molecule has 1 atom stereocenters. The molecule has 0 amide bonds. The van der Waals surface area contributed by atoms with Gasteiger partial charge in [-0.3, -0.25) is 0 Å². The SMILES string of the molecule is CSCCc1nc([C@@H](C)n2ccnc2)n(-c2ccc3c(c2)OCO3)n1. The van der Waals surface area contributed by atoms with Crippen molar-refractivity contribution in [1.82, 2.24) is 24.3 Å². The fourth-order valence-corrected chi connectivity index (χ4v) is 3.16. The van der Waals surface area contributed by atoms with Gasteiger partial charge in [0.1, 0.15) is 0 Å². The fourth-order valence-electron chi connectivity index (χ4n) is 2.78. The molecule has 8 heteroatoms. The van der Waals surface area contributed by atoms with Gasteiger partial charge in [0.25, 0.3) is 0 Å². The first-order valence-corrected chi connectivity index (χ1v) is 9.48. The lowest BCUT2D eigenvalue weighted by atomic mass is 10.2. The Hall–Kier alpha value is -2.48. The highest BCUT2D eigenvalue weighted by Crippen LogP contribution is 2.34. The number of aromatic nitrogens is 5. The zero-order valence-electron chi connectivity index (χ0n) is 14.1. The Morgan fingerprint density at radius 2 is 2.16 bits per heavy atom. The van der Waals surface area contributed by atoms with Crippen molar-refractivity contribution < 1.29 is 9.47 Å². The van der Waals surface area contributed by atoms with E-state index in [-0.39, 0.29) is 12.8 Å². The number of hydrogen-bond donors (Lipinski definition) is 0. The highest BCUT2D eigenvalue weighted by Gasteiger charge is 2.21. The molecule has 7 nitrogen and oxygen atoms in total. The smallest absolute Gasteiger partial charge is 0.231 e. The van der Waals surface area contributed by atoms with Crippen molar-refractivity contribution in [2.45, 2.75) is 19.4 Å². The number of ether oxygens (including phenoxy) is 2. The quantitative estimate of drug-likeness (QED) is 0.676. The third kappa shape index (κ3) is 3.09. The second-order valence-corrected chi connectivity index (χ2v) is 6.75. The van der Waals surface area contributed by atoms with Gasteiger partial charge in [0.2, 0.25) is 6.79 Å². The van der Waals surface area contributed by atoms with Crippen LogP contribution in [0.3, 0.4) is 0 Å². The molecule has 3 aromatic rings. The van der Waals surface area contributed by atoms with E-state index in [9.17, 15) is 0 Å². The average Bonchev–Trinajstić information content (AvgIpc) is 3.38. The first kappa shape index (κ1) is 16.0. The van der Waals surface area contributed by atoms with Crippen LogP contribution in [0.2, 0.25) is 0 Å². The molecule has 0 aliphatic carbocycles. The molecule has 0 N–H and O–H groups in total. The van der Waals surface area contributed by atoms with Gasteiger partial charge in [0, 0.05) is 30.6 Å². The van der Waals surface area contributed by atoms with E-state index in [2.05, 4.69) is 18.2 Å². The number of nitrogens with zero attached hydrogens (tertiary/aromatic N) is 5. The van der Waals surface area contributed by atoms with Crippen LogP contribution < -0.4 is 9.47 Å². The van der Waals surface area contributed by atoms with Crippen LogP contribution in [0.25, 0.3) is 5.69 Å². The molecule has 0 spiro atoms. The van der Waals surface area contributed by atoms with Gasteiger partial charge in [-0.15, -0.1) is 0 Å². The summed E-state index contributed by atoms with van der Waals surface area (Å²) in [6.07, 6.45) is 8.43. The number of imidazole rings is 1. The highest BCUT2D eigenvalue weighted by molar-refractivity contribution is 7.98. The number of aryl methyl sites for hydroxylation is 1. The van der Waals surface area contributed by atoms with Crippen LogP contribution in [0.15, 0.2) is 36.9 Å². The normalized spacial score (nSPS) is 14.0. The number of hydrogen-bond acceptors (Lipinski definition) is 6. The van der Waals surface area contributed by atoms with Gasteiger partial charge in [-0.1, -0.05) is 0 Å². The van der Waals surface area contributed by atoms with Crippen molar-refractivity contribution in [2.75, 3.05) is 18.8 Å². The summed E-state index contributed by atoms with van der Waals surface area (Å²) >= 11 is 1.79. The van der Waals surface area contributed by atoms with E-state index < -0.39 is 0 Å². The summed E-state index contributed by atoms with van der Waals surface area (Å²) in [6.45, 7) is 2.35. The molecule has 1 aromatic carbocycles. The van der Waals surface area contributed by atoms with Gasteiger partial charge in [-0.25, -0.2) is 14.6 Å². The summed E-state index contributed by atoms with van der Waals surface area (Å²) < 4.78 is 14.8. The minimum Gasteiger partial charge on any atom is -0.454 e. The van der Waals surface area contributed by atoms with E-state index in [1.165, 1.54) is 0 Å². The lowest BCUT2D eigenvalue weighted by Gasteiger charge is -2.14. The maximum atomic E-state index is 5.50. The molecule has 130 valence electrons. The fraction of sp³-hybridized carbons (Fsp3) is 0.353. The van der Waals surface area contributed by atoms with Crippen LogP contribution in [0.4, 0.5) is 0 Å². The molecule has 0 unspecified atom stereocenters. The number of benzene rings is 1. The first-order chi connectivity index (χ1) is 12.3. The van der Waals surface area contributed by atoms with Crippen LogP contribution in [0.5, 0.6) is 11.5 Å². The minimum absolute atomic E-state index is 0.0171. The molecular weight excluding hydrogens is 338 g/mol. The molecule has 1 aliphatic heterocycles. The van der Waals surface area contributed by atoms with Gasteiger partial charge in [-0.2, -0.15) is 16.9 Å². The Labute approximate surface area is 150 Å². The van der Waals surface area contributed by atoms with Crippen molar-refractivity contribution in [3.8, 4) is 17.2 Å². The van der Waals surface area contributed by atoms with E-state index >= 15 is 0 Å². The Kier molecular flexibility index (Phi) is 4.35. The summed E-state index contributed by atoms with van der Waals surface area (Å²) in [6, 6.07) is 5.85. The van der Waals surface area contributed by atoms with E-state index in [1.54, 1.807) is 24.3 Å². The van der Waals surface area contributed by atoms with Gasteiger partial charge in [0.05, 0.1) is 18.1 Å². The zero-order valence-corrected chi connectivity index (χ0v) is 14.9. The maximum Gasteiger partial charge on any atom is 0.231 e. The highest BCUT2D eigenvalue weighted by atomic mass is 32.2. The zero-order chi connectivity index (χ0) is 17.2. The van der Waals surface area contributed by atoms with Crippen LogP contribution in [-0.2, 0) is 6.42 Å². The van der Waals surface area contributed by atoms with Crippen LogP contribution >= 0.6 is 11.8 Å². The van der Waals surface area contributed by atoms with Crippen molar-refractivity contribution in [2.24, 2.45) is 0 Å². The Morgan fingerprint density at radius 3 is 2.96 bits per heavy atom. The maximum absolute atomic E-state index is 5.50. The van der Waals surface area contributed by atoms with Crippen molar-refractivity contribution in [3.05, 3.63) is 48.6 Å². The molecule has 25 heavy (non-hydrogen) atoms. The largest absolute Gasteiger partial charge is 0.454 e. The lowest BCUT2D eigenvalue weighted by Crippen LogP contribution is -2.12. The summed E-state index contributed by atoms with van der Waals surface area (Å²) in [4.78, 5) is 8.93. The first-order valence-electron chi connectivity index (χ1n) is 8.08. The number of rotatable bonds is 6.